The largest absolute Gasteiger partial charge is 0.515 e. The van der Waals surface area contributed by atoms with Crippen LogP contribution in [0.4, 0.5) is 0 Å². The zero-order valence-electron chi connectivity index (χ0n) is 7.73. The molecule has 1 aromatic rings. The van der Waals surface area contributed by atoms with Crippen LogP contribution in [0.2, 0.25) is 0 Å². The summed E-state index contributed by atoms with van der Waals surface area (Å²) in [5.41, 5.74) is 2.14. The molecule has 1 heterocycles. The van der Waals surface area contributed by atoms with Crippen LogP contribution in [0.5, 0.6) is 0 Å². The van der Waals surface area contributed by atoms with Crippen molar-refractivity contribution in [2.24, 2.45) is 0 Å². The molecule has 0 unspecified atom stereocenters. The molecule has 0 saturated heterocycles. The Kier molecular flexibility index (Phi) is 2.00. The molecule has 0 amide bonds. The lowest BCUT2D eigenvalue weighted by atomic mass is 9.92. The van der Waals surface area contributed by atoms with Crippen LogP contribution in [-0.4, -0.2) is 15.5 Å². The van der Waals surface area contributed by atoms with Gasteiger partial charge in [-0.2, -0.15) is 0 Å². The molecule has 0 fully saturated rings. The maximum Gasteiger partial charge on any atom is 0.193 e. The molecule has 1 aliphatic carbocycles. The second-order valence-corrected chi connectivity index (χ2v) is 3.25. The maximum absolute atomic E-state index is 11.7. The SMILES string of the molecule is C=Cn1ccc2c1CC/C(=C/O)C2=O. The molecule has 1 aliphatic rings. The molecule has 72 valence electrons. The van der Waals surface area contributed by atoms with E-state index in [-0.39, 0.29) is 5.78 Å². The summed E-state index contributed by atoms with van der Waals surface area (Å²) in [6.07, 6.45) is 5.78. The number of Topliss-reactive ketones (excluding diaryl/α,β-unsaturated/α-hetero) is 1. The number of carbonyl (C=O) groups is 1. The molecular formula is C11H11NO2. The summed E-state index contributed by atoms with van der Waals surface area (Å²) in [7, 11) is 0. The lowest BCUT2D eigenvalue weighted by Gasteiger charge is -2.14. The minimum atomic E-state index is -0.0747. The lowest BCUT2D eigenvalue weighted by Crippen LogP contribution is -2.14. The number of nitrogens with zero attached hydrogens (tertiary/aromatic N) is 1. The minimum absolute atomic E-state index is 0.0747. The molecule has 0 radical (unpaired) electrons. The van der Waals surface area contributed by atoms with E-state index in [2.05, 4.69) is 6.58 Å². The summed E-state index contributed by atoms with van der Waals surface area (Å²) < 4.78 is 1.85. The Morgan fingerprint density at radius 2 is 2.29 bits per heavy atom. The summed E-state index contributed by atoms with van der Waals surface area (Å²) in [4.78, 5) is 11.7. The molecule has 0 aromatic carbocycles. The van der Waals surface area contributed by atoms with Gasteiger partial charge in [-0.15, -0.1) is 0 Å². The van der Waals surface area contributed by atoms with Gasteiger partial charge < -0.3 is 9.67 Å². The van der Waals surface area contributed by atoms with Gasteiger partial charge >= 0.3 is 0 Å². The van der Waals surface area contributed by atoms with E-state index in [0.29, 0.717) is 17.6 Å². The smallest absolute Gasteiger partial charge is 0.193 e. The van der Waals surface area contributed by atoms with Crippen LogP contribution in [0.15, 0.2) is 30.7 Å². The molecule has 0 bridgehead atoms. The topological polar surface area (TPSA) is 42.2 Å². The van der Waals surface area contributed by atoms with Crippen molar-refractivity contribution in [1.82, 2.24) is 4.57 Å². The first-order chi connectivity index (χ1) is 6.77. The zero-order chi connectivity index (χ0) is 10.1. The van der Waals surface area contributed by atoms with Gasteiger partial charge in [0.2, 0.25) is 0 Å². The van der Waals surface area contributed by atoms with Crippen molar-refractivity contribution < 1.29 is 9.90 Å². The lowest BCUT2D eigenvalue weighted by molar-refractivity contribution is 0.102. The zero-order valence-corrected chi connectivity index (χ0v) is 7.73. The number of aromatic nitrogens is 1. The highest BCUT2D eigenvalue weighted by molar-refractivity contribution is 6.10. The number of ketones is 1. The average Bonchev–Trinajstić information content (AvgIpc) is 2.62. The fourth-order valence-corrected chi connectivity index (χ4v) is 1.78. The number of allylic oxidation sites excluding steroid dienone is 1. The number of fused-ring (bicyclic) bond motifs is 1. The molecule has 0 saturated carbocycles. The number of hydrogen-bond donors (Lipinski definition) is 1. The maximum atomic E-state index is 11.7. The molecule has 14 heavy (non-hydrogen) atoms. The van der Waals surface area contributed by atoms with Crippen molar-refractivity contribution >= 4 is 12.0 Å². The second-order valence-electron chi connectivity index (χ2n) is 3.25. The van der Waals surface area contributed by atoms with Crippen LogP contribution < -0.4 is 0 Å². The van der Waals surface area contributed by atoms with E-state index < -0.39 is 0 Å². The predicted octanol–water partition coefficient (Wildman–Crippen LogP) is 2.16. The second kappa shape index (κ2) is 3.18. The Hall–Kier alpha value is -1.77. The van der Waals surface area contributed by atoms with Gasteiger partial charge in [0.25, 0.3) is 0 Å². The Morgan fingerprint density at radius 3 is 2.93 bits per heavy atom. The Labute approximate surface area is 82.0 Å². The van der Waals surface area contributed by atoms with Gasteiger partial charge in [-0.1, -0.05) is 6.58 Å². The minimum Gasteiger partial charge on any atom is -0.515 e. The van der Waals surface area contributed by atoms with Crippen molar-refractivity contribution in [3.05, 3.63) is 41.9 Å². The quantitative estimate of drug-likeness (QED) is 0.543. The molecule has 3 heteroatoms. The van der Waals surface area contributed by atoms with Gasteiger partial charge in [-0.05, 0) is 18.9 Å². The molecule has 1 aromatic heterocycles. The molecular weight excluding hydrogens is 178 g/mol. The van der Waals surface area contributed by atoms with Crippen LogP contribution in [-0.2, 0) is 6.42 Å². The first kappa shape index (κ1) is 8.81. The summed E-state index contributed by atoms with van der Waals surface area (Å²) in [5.74, 6) is -0.0747. The third-order valence-electron chi connectivity index (χ3n) is 2.54. The van der Waals surface area contributed by atoms with Crippen molar-refractivity contribution in [3.8, 4) is 0 Å². The Morgan fingerprint density at radius 1 is 1.50 bits per heavy atom. The van der Waals surface area contributed by atoms with Gasteiger partial charge in [0, 0.05) is 29.2 Å². The molecule has 3 nitrogen and oxygen atoms in total. The summed E-state index contributed by atoms with van der Waals surface area (Å²) in [6.45, 7) is 3.66. The third kappa shape index (κ3) is 1.09. The fourth-order valence-electron chi connectivity index (χ4n) is 1.78. The van der Waals surface area contributed by atoms with Crippen molar-refractivity contribution in [2.45, 2.75) is 12.8 Å². The highest BCUT2D eigenvalue weighted by Crippen LogP contribution is 2.25. The van der Waals surface area contributed by atoms with Crippen LogP contribution in [0.3, 0.4) is 0 Å². The van der Waals surface area contributed by atoms with Gasteiger partial charge in [0.1, 0.15) is 0 Å². The van der Waals surface area contributed by atoms with E-state index in [1.807, 2.05) is 10.8 Å². The highest BCUT2D eigenvalue weighted by atomic mass is 16.2. The van der Waals surface area contributed by atoms with E-state index in [1.165, 1.54) is 0 Å². The molecule has 0 spiro atoms. The van der Waals surface area contributed by atoms with Gasteiger partial charge in [-0.3, -0.25) is 4.79 Å². The van der Waals surface area contributed by atoms with Gasteiger partial charge in [-0.25, -0.2) is 0 Å². The summed E-state index contributed by atoms with van der Waals surface area (Å²) in [5, 5.41) is 8.84. The average molecular weight is 189 g/mol. The molecule has 2 rings (SSSR count). The Bertz CT molecular complexity index is 426. The van der Waals surface area contributed by atoms with Gasteiger partial charge in [0.15, 0.2) is 5.78 Å². The number of carbonyl (C=O) groups excluding carboxylic acids is 1. The van der Waals surface area contributed by atoms with Crippen LogP contribution in [0.1, 0.15) is 22.5 Å². The normalized spacial score (nSPS) is 18.3. The first-order valence-corrected chi connectivity index (χ1v) is 4.48. The van der Waals surface area contributed by atoms with E-state index in [9.17, 15) is 4.79 Å². The first-order valence-electron chi connectivity index (χ1n) is 4.48. The molecule has 1 N–H and O–H groups in total. The van der Waals surface area contributed by atoms with E-state index >= 15 is 0 Å². The van der Waals surface area contributed by atoms with E-state index in [0.717, 1.165) is 18.4 Å². The van der Waals surface area contributed by atoms with Crippen LogP contribution in [0, 0.1) is 0 Å². The number of aliphatic hydroxyl groups excluding tert-OH is 1. The van der Waals surface area contributed by atoms with Crippen molar-refractivity contribution in [3.63, 3.8) is 0 Å². The third-order valence-corrected chi connectivity index (χ3v) is 2.54. The monoisotopic (exact) mass is 189 g/mol. The summed E-state index contributed by atoms with van der Waals surface area (Å²) in [6, 6.07) is 1.77. The van der Waals surface area contributed by atoms with Gasteiger partial charge in [0.05, 0.1) is 6.26 Å². The van der Waals surface area contributed by atoms with Crippen molar-refractivity contribution in [1.29, 1.82) is 0 Å². The number of rotatable bonds is 1. The van der Waals surface area contributed by atoms with Crippen molar-refractivity contribution in [2.75, 3.05) is 0 Å². The van der Waals surface area contributed by atoms with Crippen LogP contribution in [0.25, 0.3) is 6.20 Å². The highest BCUT2D eigenvalue weighted by Gasteiger charge is 2.24. The molecule has 0 aliphatic heterocycles. The standard InChI is InChI=1S/C11H11NO2/c1-2-12-6-5-9-10(12)4-3-8(7-13)11(9)14/h2,5-7,13H,1,3-4H2/b8-7-. The van der Waals surface area contributed by atoms with Crippen LogP contribution >= 0.6 is 0 Å². The number of hydrogen-bond acceptors (Lipinski definition) is 2. The fraction of sp³-hybridized carbons (Fsp3) is 0.182. The Balaban J connectivity index is 2.52. The number of aliphatic hydroxyl groups is 1. The van der Waals surface area contributed by atoms with E-state index in [4.69, 9.17) is 5.11 Å². The van der Waals surface area contributed by atoms with E-state index in [1.54, 1.807) is 12.3 Å². The predicted molar refractivity (Wildman–Crippen MR) is 54.2 cm³/mol. The molecule has 0 atom stereocenters. The summed E-state index contributed by atoms with van der Waals surface area (Å²) >= 11 is 0.